The van der Waals surface area contributed by atoms with Crippen molar-refractivity contribution in [2.24, 2.45) is 0 Å². The number of H-pyrrole nitrogens is 1. The molecule has 1 aliphatic carbocycles. The lowest BCUT2D eigenvalue weighted by molar-refractivity contribution is -0.159. The number of carbonyl (C=O) groups is 3. The third-order valence-corrected chi connectivity index (χ3v) is 13.3. The number of amides is 3. The number of likely N-dealkylation sites (tertiary alicyclic amines) is 1. The topological polar surface area (TPSA) is 149 Å². The number of anilines is 1. The van der Waals surface area contributed by atoms with Gasteiger partial charge in [-0.1, -0.05) is 49.6 Å². The molecule has 4 aliphatic rings. The molecule has 3 fully saturated rings. The number of hydrogen-bond donors (Lipinski definition) is 4. The summed E-state index contributed by atoms with van der Waals surface area (Å²) in [6.07, 6.45) is 10.1. The van der Waals surface area contributed by atoms with E-state index < -0.39 is 0 Å². The number of aromatic nitrogens is 1. The van der Waals surface area contributed by atoms with Gasteiger partial charge in [-0.3, -0.25) is 19.3 Å². The summed E-state index contributed by atoms with van der Waals surface area (Å²) in [5.41, 5.74) is 5.24. The molecule has 2 saturated heterocycles. The number of rotatable bonds is 18. The number of hydrogen-bond acceptors (Lipinski definition) is 9. The Bertz CT molecular complexity index is 2200. The minimum atomic E-state index is -0.303. The van der Waals surface area contributed by atoms with Crippen LogP contribution < -0.4 is 15.4 Å². The molecule has 1 aromatic heterocycles. The third-order valence-electron chi connectivity index (χ3n) is 13.3. The van der Waals surface area contributed by atoms with Gasteiger partial charge < -0.3 is 44.7 Å². The monoisotopic (exact) mass is 866 g/mol. The fourth-order valence-corrected chi connectivity index (χ4v) is 9.78. The summed E-state index contributed by atoms with van der Waals surface area (Å²) in [4.78, 5) is 48.5. The van der Waals surface area contributed by atoms with Gasteiger partial charge in [-0.2, -0.15) is 0 Å². The molecule has 4 heterocycles. The Labute approximate surface area is 369 Å². The number of carbonyl (C=O) groups excluding carboxylic acids is 3. The molecule has 338 valence electrons. The van der Waals surface area contributed by atoms with E-state index in [1.807, 2.05) is 17.0 Å². The van der Waals surface area contributed by atoms with Gasteiger partial charge in [0.2, 0.25) is 11.8 Å². The van der Waals surface area contributed by atoms with E-state index in [-0.39, 0.29) is 47.5 Å². The van der Waals surface area contributed by atoms with Crippen LogP contribution in [0, 0.1) is 5.82 Å². The molecule has 3 aliphatic heterocycles. The van der Waals surface area contributed by atoms with Crippen molar-refractivity contribution in [1.82, 2.24) is 25.0 Å². The van der Waals surface area contributed by atoms with Crippen molar-refractivity contribution in [3.8, 4) is 11.5 Å². The van der Waals surface area contributed by atoms with Crippen molar-refractivity contribution in [2.75, 3.05) is 77.6 Å². The van der Waals surface area contributed by atoms with Crippen molar-refractivity contribution in [3.63, 3.8) is 0 Å². The van der Waals surface area contributed by atoms with Crippen LogP contribution in [0.1, 0.15) is 80.2 Å². The van der Waals surface area contributed by atoms with E-state index in [1.165, 1.54) is 29.7 Å². The third kappa shape index (κ3) is 11.8. The minimum absolute atomic E-state index is 0.00870. The predicted octanol–water partition coefficient (Wildman–Crippen LogP) is 6.11. The largest absolute Gasteiger partial charge is 0.506 e. The van der Waals surface area contributed by atoms with Gasteiger partial charge in [0.15, 0.2) is 12.4 Å². The number of aryl methyl sites for hydroxylation is 1. The Balaban J connectivity index is 0.730. The number of benzene rings is 3. The quantitative estimate of drug-likeness (QED) is 0.0687. The summed E-state index contributed by atoms with van der Waals surface area (Å²) >= 11 is 0. The Kier molecular flexibility index (Phi) is 14.9. The molecule has 3 aromatic carbocycles. The van der Waals surface area contributed by atoms with Crippen LogP contribution in [0.5, 0.6) is 11.5 Å². The van der Waals surface area contributed by atoms with Gasteiger partial charge in [0.25, 0.3) is 5.91 Å². The fourth-order valence-electron chi connectivity index (χ4n) is 9.78. The lowest BCUT2D eigenvalue weighted by atomic mass is 9.89. The highest BCUT2D eigenvalue weighted by molar-refractivity contribution is 5.97. The maximum atomic E-state index is 13.6. The van der Waals surface area contributed by atoms with Gasteiger partial charge in [0.1, 0.15) is 17.3 Å². The second kappa shape index (κ2) is 21.1. The Morgan fingerprint density at radius 2 is 1.78 bits per heavy atom. The van der Waals surface area contributed by atoms with Crippen molar-refractivity contribution in [2.45, 2.75) is 95.2 Å². The number of aromatic amines is 1. The molecule has 1 spiro atoms. The van der Waals surface area contributed by atoms with Crippen LogP contribution in [0.4, 0.5) is 10.1 Å². The number of aromatic hydroxyl groups is 1. The number of piperidine rings is 1. The molecule has 4 aromatic rings. The number of phenolic OH excluding ortho intramolecular Hbond substituents is 1. The second-order valence-electron chi connectivity index (χ2n) is 17.7. The van der Waals surface area contributed by atoms with Gasteiger partial charge in [0.05, 0.1) is 31.8 Å². The first-order valence-corrected chi connectivity index (χ1v) is 23.0. The molecule has 1 saturated carbocycles. The molecule has 8 rings (SSSR count). The molecular weight excluding hydrogens is 804 g/mol. The SMILES string of the molecule is O=C1COc2c(CCNCCN(C(=O)CCOCCc3cccc(CN4CCC5(CC4)CN(C(=O)CCc4cc6cc(F)ccc6[nH]4)CCO5)c3)C3CCCCC3)ccc(O)c2N1. The summed E-state index contributed by atoms with van der Waals surface area (Å²) in [5, 5.41) is 17.2. The minimum Gasteiger partial charge on any atom is -0.506 e. The summed E-state index contributed by atoms with van der Waals surface area (Å²) in [6, 6.07) is 19.0. The van der Waals surface area contributed by atoms with Gasteiger partial charge in [-0.25, -0.2) is 4.39 Å². The average Bonchev–Trinajstić information content (AvgIpc) is 3.71. The summed E-state index contributed by atoms with van der Waals surface area (Å²) < 4.78 is 31.7. The first kappa shape index (κ1) is 44.6. The van der Waals surface area contributed by atoms with Crippen LogP contribution in [0.15, 0.2) is 60.7 Å². The number of morpholine rings is 1. The maximum absolute atomic E-state index is 13.6. The maximum Gasteiger partial charge on any atom is 0.262 e. The molecule has 14 heteroatoms. The lowest BCUT2D eigenvalue weighted by Gasteiger charge is -2.47. The summed E-state index contributed by atoms with van der Waals surface area (Å²) in [6.45, 7) is 7.31. The van der Waals surface area contributed by atoms with E-state index in [0.29, 0.717) is 89.7 Å². The second-order valence-corrected chi connectivity index (χ2v) is 17.7. The van der Waals surface area contributed by atoms with Crippen molar-refractivity contribution in [1.29, 1.82) is 0 Å². The predicted molar refractivity (Wildman–Crippen MR) is 239 cm³/mol. The number of nitrogens with one attached hydrogen (secondary N) is 3. The molecule has 0 bridgehead atoms. The van der Waals surface area contributed by atoms with E-state index in [0.717, 1.165) is 86.7 Å². The van der Waals surface area contributed by atoms with E-state index in [2.05, 4.69) is 49.7 Å². The zero-order chi connectivity index (χ0) is 43.6. The van der Waals surface area contributed by atoms with Gasteiger partial charge in [0, 0.05) is 74.9 Å². The molecule has 3 amide bonds. The highest BCUT2D eigenvalue weighted by atomic mass is 19.1. The zero-order valence-electron chi connectivity index (χ0n) is 36.4. The number of fused-ring (bicyclic) bond motifs is 2. The van der Waals surface area contributed by atoms with Crippen LogP contribution in [0.2, 0.25) is 0 Å². The number of phenols is 1. The fraction of sp³-hybridized carbons (Fsp3) is 0.531. The number of ether oxygens (including phenoxy) is 3. The summed E-state index contributed by atoms with van der Waals surface area (Å²) in [7, 11) is 0. The van der Waals surface area contributed by atoms with Crippen molar-refractivity contribution in [3.05, 3.63) is 88.9 Å². The molecule has 0 atom stereocenters. The Morgan fingerprint density at radius 3 is 2.63 bits per heavy atom. The van der Waals surface area contributed by atoms with E-state index in [9.17, 15) is 23.9 Å². The molecule has 0 radical (unpaired) electrons. The van der Waals surface area contributed by atoms with Crippen LogP contribution in [0.25, 0.3) is 10.9 Å². The van der Waals surface area contributed by atoms with E-state index >= 15 is 0 Å². The lowest BCUT2D eigenvalue weighted by Crippen LogP contribution is -2.57. The molecule has 4 N–H and O–H groups in total. The molecular formula is C49H63FN6O7. The van der Waals surface area contributed by atoms with Crippen molar-refractivity contribution >= 4 is 34.3 Å². The first-order chi connectivity index (χ1) is 30.7. The highest BCUT2D eigenvalue weighted by Gasteiger charge is 2.41. The highest BCUT2D eigenvalue weighted by Crippen LogP contribution is 2.39. The van der Waals surface area contributed by atoms with Crippen LogP contribution in [0.3, 0.4) is 0 Å². The number of nitrogens with zero attached hydrogens (tertiary/aromatic N) is 3. The Morgan fingerprint density at radius 1 is 0.937 bits per heavy atom. The van der Waals surface area contributed by atoms with E-state index in [4.69, 9.17) is 14.2 Å². The normalized spacial score (nSPS) is 18.0. The van der Waals surface area contributed by atoms with Gasteiger partial charge in [-0.15, -0.1) is 0 Å². The first-order valence-electron chi connectivity index (χ1n) is 23.0. The average molecular weight is 867 g/mol. The van der Waals surface area contributed by atoms with Crippen LogP contribution in [-0.4, -0.2) is 126 Å². The Hall–Kier alpha value is -5.02. The molecule has 13 nitrogen and oxygen atoms in total. The van der Waals surface area contributed by atoms with E-state index in [1.54, 1.807) is 12.1 Å². The number of halogens is 1. The summed E-state index contributed by atoms with van der Waals surface area (Å²) in [5.74, 6) is 0.243. The molecule has 63 heavy (non-hydrogen) atoms. The van der Waals surface area contributed by atoms with Crippen molar-refractivity contribution < 1.29 is 38.1 Å². The molecule has 0 unspecified atom stereocenters. The smallest absolute Gasteiger partial charge is 0.262 e. The standard InChI is InChI=1S/C49H63FN6O7/c50-39-10-12-42-38(30-39)31-40(52-42)11-14-45(59)55-25-28-63-49(34-55)18-22-54(23-19-49)32-36-6-4-5-35(29-36)16-26-61-27-17-46(60)56(41-7-2-1-3-8-41)24-21-51-20-15-37-9-13-43(57)47-48(37)62-33-44(58)53-47/h4-6,9-10,12-13,29-31,41,51-52,57H,1-3,7-8,11,14-28,32-34H2,(H,53,58). The van der Waals surface area contributed by atoms with Gasteiger partial charge >= 0.3 is 0 Å². The van der Waals surface area contributed by atoms with Gasteiger partial charge in [-0.05, 0) is 98.5 Å². The zero-order valence-corrected chi connectivity index (χ0v) is 36.4. The van der Waals surface area contributed by atoms with Crippen LogP contribution in [-0.2, 0) is 49.7 Å². The van der Waals surface area contributed by atoms with Crippen LogP contribution >= 0.6 is 0 Å².